The fraction of sp³-hybridized carbons (Fsp3) is 0.333. The monoisotopic (exact) mass is 255 g/mol. The summed E-state index contributed by atoms with van der Waals surface area (Å²) in [6.07, 6.45) is -1.18. The van der Waals surface area contributed by atoms with Gasteiger partial charge in [-0.2, -0.15) is 0 Å². The van der Waals surface area contributed by atoms with Gasteiger partial charge < -0.3 is 26.6 Å². The molecular formula is C6H9NO7Ti. The summed E-state index contributed by atoms with van der Waals surface area (Å²) in [6.45, 7) is 0. The standard InChI is InChI=1S/C6H7O7.H2N.Ti/c7-3(8)1-6(13,5(11)12)2-4(9)10;;/h1,13H,2H2,(H,7,8)(H,9,10)(H,11,12);1H2;/q2*-1;+2. The van der Waals surface area contributed by atoms with E-state index in [1.165, 1.54) is 0 Å². The fourth-order valence-corrected chi connectivity index (χ4v) is 0.623. The molecule has 1 unspecified atom stereocenters. The van der Waals surface area contributed by atoms with Gasteiger partial charge >= 0.3 is 33.7 Å². The minimum atomic E-state index is -2.86. The van der Waals surface area contributed by atoms with Crippen molar-refractivity contribution in [3.8, 4) is 0 Å². The molecule has 0 aromatic heterocycles. The van der Waals surface area contributed by atoms with Gasteiger partial charge in [0.1, 0.15) is 0 Å². The molecule has 0 rings (SSSR count). The summed E-state index contributed by atoms with van der Waals surface area (Å²) in [5.41, 5.74) is -2.86. The Kier molecular flexibility index (Phi) is 9.40. The SMILES string of the molecule is O=C(O)[CH-]C(O)(CC(=O)O)C(=O)O.[NH2-].[Ti+2]. The molecule has 0 radical (unpaired) electrons. The predicted molar refractivity (Wildman–Crippen MR) is 42.1 cm³/mol. The molecule has 0 bridgehead atoms. The minimum absolute atomic E-state index is 0. The summed E-state index contributed by atoms with van der Waals surface area (Å²) in [4.78, 5) is 30.4. The minimum Gasteiger partial charge on any atom is -0.693 e. The van der Waals surface area contributed by atoms with E-state index in [2.05, 4.69) is 0 Å². The third-order valence-electron chi connectivity index (χ3n) is 1.15. The van der Waals surface area contributed by atoms with Crippen LogP contribution in [0.15, 0.2) is 0 Å². The summed E-state index contributed by atoms with van der Waals surface area (Å²) in [6, 6.07) is 0. The topological polar surface area (TPSA) is 166 Å². The molecule has 0 fully saturated rings. The van der Waals surface area contributed by atoms with Crippen molar-refractivity contribution in [3.05, 3.63) is 12.6 Å². The van der Waals surface area contributed by atoms with E-state index in [0.29, 0.717) is 0 Å². The number of carboxylic acid groups (broad SMARTS) is 3. The molecule has 0 aromatic rings. The fourth-order valence-electron chi connectivity index (χ4n) is 0.623. The number of nitrogens with two attached hydrogens (primary N) is 1. The maximum absolute atomic E-state index is 10.3. The van der Waals surface area contributed by atoms with E-state index in [4.69, 9.17) is 20.4 Å². The van der Waals surface area contributed by atoms with Crippen LogP contribution in [0.2, 0.25) is 0 Å². The molecule has 0 aliphatic rings. The molecule has 0 heterocycles. The zero-order chi connectivity index (χ0) is 10.6. The van der Waals surface area contributed by atoms with Gasteiger partial charge in [0.2, 0.25) is 0 Å². The quantitative estimate of drug-likeness (QED) is 0.371. The van der Waals surface area contributed by atoms with Crippen LogP contribution in [-0.2, 0) is 36.1 Å². The molecule has 0 amide bonds. The second-order valence-electron chi connectivity index (χ2n) is 2.28. The average molecular weight is 255 g/mol. The number of carboxylic acids is 3. The molecule has 0 aliphatic carbocycles. The summed E-state index contributed by atoms with van der Waals surface area (Å²) < 4.78 is 0. The molecule has 0 saturated heterocycles. The molecule has 6 N–H and O–H groups in total. The smallest absolute Gasteiger partial charge is 0.693 e. The maximum atomic E-state index is 10.3. The van der Waals surface area contributed by atoms with Crippen LogP contribution in [0.25, 0.3) is 6.15 Å². The van der Waals surface area contributed by atoms with Crippen LogP contribution < -0.4 is 0 Å². The van der Waals surface area contributed by atoms with Crippen LogP contribution >= 0.6 is 0 Å². The second kappa shape index (κ2) is 7.24. The number of aliphatic hydroxyl groups is 1. The van der Waals surface area contributed by atoms with Gasteiger partial charge in [-0.25, -0.2) is 6.42 Å². The number of carbonyl (C=O) groups is 3. The molecule has 0 aliphatic heterocycles. The van der Waals surface area contributed by atoms with Crippen molar-refractivity contribution in [2.24, 2.45) is 0 Å². The zero-order valence-electron chi connectivity index (χ0n) is 7.38. The van der Waals surface area contributed by atoms with E-state index >= 15 is 0 Å². The Morgan fingerprint density at radius 3 is 1.73 bits per heavy atom. The summed E-state index contributed by atoms with van der Waals surface area (Å²) >= 11 is 0. The van der Waals surface area contributed by atoms with Crippen molar-refractivity contribution < 1.29 is 56.5 Å². The molecule has 0 spiro atoms. The van der Waals surface area contributed by atoms with Crippen molar-refractivity contribution >= 4 is 17.9 Å². The number of hydrogen-bond acceptors (Lipinski definition) is 4. The van der Waals surface area contributed by atoms with E-state index in [1.54, 1.807) is 0 Å². The summed E-state index contributed by atoms with van der Waals surface area (Å²) in [5.74, 6) is -5.23. The van der Waals surface area contributed by atoms with Crippen LogP contribution in [-0.4, -0.2) is 43.9 Å². The molecule has 84 valence electrons. The third-order valence-corrected chi connectivity index (χ3v) is 1.15. The molecule has 8 nitrogen and oxygen atoms in total. The van der Waals surface area contributed by atoms with Crippen LogP contribution in [0, 0.1) is 6.42 Å². The Labute approximate surface area is 99.4 Å². The number of hydrogen-bond donors (Lipinski definition) is 4. The van der Waals surface area contributed by atoms with Crippen molar-refractivity contribution in [2.45, 2.75) is 12.0 Å². The van der Waals surface area contributed by atoms with Crippen LogP contribution in [0.5, 0.6) is 0 Å². The van der Waals surface area contributed by atoms with Gasteiger partial charge in [-0.1, -0.05) is 0 Å². The first-order valence-corrected chi connectivity index (χ1v) is 3.04. The zero-order valence-corrected chi connectivity index (χ0v) is 8.94. The van der Waals surface area contributed by atoms with Crippen LogP contribution in [0.4, 0.5) is 0 Å². The molecule has 9 heteroatoms. The van der Waals surface area contributed by atoms with Crippen LogP contribution in [0.3, 0.4) is 0 Å². The van der Waals surface area contributed by atoms with Crippen molar-refractivity contribution in [1.82, 2.24) is 0 Å². The Morgan fingerprint density at radius 1 is 1.13 bits per heavy atom. The van der Waals surface area contributed by atoms with Gasteiger partial charge in [0.25, 0.3) is 0 Å². The number of aliphatic carboxylic acids is 3. The molecule has 0 aromatic carbocycles. The van der Waals surface area contributed by atoms with Gasteiger partial charge in [-0.05, 0) is 0 Å². The molecule has 0 saturated carbocycles. The van der Waals surface area contributed by atoms with E-state index in [9.17, 15) is 14.4 Å². The third kappa shape index (κ3) is 6.92. The first-order valence-electron chi connectivity index (χ1n) is 3.04. The molecular weight excluding hydrogens is 246 g/mol. The first-order chi connectivity index (χ1) is 5.78. The Hall–Kier alpha value is -1.09. The Bertz CT molecular complexity index is 238. The predicted octanol–water partition coefficient (Wildman–Crippen LogP) is -0.720. The van der Waals surface area contributed by atoms with Crippen LogP contribution in [0.1, 0.15) is 6.42 Å². The van der Waals surface area contributed by atoms with E-state index in [-0.39, 0.29) is 34.3 Å². The second-order valence-corrected chi connectivity index (χ2v) is 2.28. The Morgan fingerprint density at radius 2 is 1.53 bits per heavy atom. The normalized spacial score (nSPS) is 12.3. The van der Waals surface area contributed by atoms with E-state index < -0.39 is 29.9 Å². The van der Waals surface area contributed by atoms with Gasteiger partial charge in [0.15, 0.2) is 5.97 Å². The maximum Gasteiger partial charge on any atom is 2.00 e. The summed E-state index contributed by atoms with van der Waals surface area (Å²) in [7, 11) is 0. The largest absolute Gasteiger partial charge is 2.00 e. The van der Waals surface area contributed by atoms with Gasteiger partial charge in [-0.3, -0.25) is 14.4 Å². The molecule has 15 heavy (non-hydrogen) atoms. The number of rotatable bonds is 5. The van der Waals surface area contributed by atoms with Gasteiger partial charge in [0, 0.05) is 0 Å². The van der Waals surface area contributed by atoms with E-state index in [1.807, 2.05) is 0 Å². The molecule has 1 atom stereocenters. The van der Waals surface area contributed by atoms with Crippen molar-refractivity contribution in [1.29, 1.82) is 0 Å². The van der Waals surface area contributed by atoms with Crippen molar-refractivity contribution in [2.75, 3.05) is 0 Å². The van der Waals surface area contributed by atoms with Crippen molar-refractivity contribution in [3.63, 3.8) is 0 Å². The van der Waals surface area contributed by atoms with E-state index in [0.717, 1.165) is 0 Å². The van der Waals surface area contributed by atoms with Gasteiger partial charge in [0.05, 0.1) is 12.0 Å². The average Bonchev–Trinajstić information content (AvgIpc) is 1.82. The first kappa shape index (κ1) is 19.5. The summed E-state index contributed by atoms with van der Waals surface area (Å²) in [5, 5.41) is 33.6. The Balaban J connectivity index is -0.000000720. The van der Waals surface area contributed by atoms with Gasteiger partial charge in [-0.15, -0.1) is 0 Å².